The molecule has 2 aromatic carbocycles. The molecule has 37 heavy (non-hydrogen) atoms. The number of hydrogen-bond acceptors (Lipinski definition) is 7. The molecule has 10 heteroatoms. The lowest BCUT2D eigenvalue weighted by Gasteiger charge is -2.16. The zero-order valence-electron chi connectivity index (χ0n) is 20.2. The standard InChI is InChI=1S/C27H24N4O4S2/c1-31-25(33)23-19(16-8-4-3-5-9-16)14-36-24(23)30-27(31)37-15-22(32)29-21(26(34)35-2)12-17-13-28-20-11-7-6-10-18(17)20/h3-11,13-14,21,28H,12,15H2,1-2H3,(H,29,32)/t21-/m0/s1. The van der Waals surface area contributed by atoms with Gasteiger partial charge in [0.1, 0.15) is 10.9 Å². The van der Waals surface area contributed by atoms with Crippen LogP contribution >= 0.6 is 23.1 Å². The third kappa shape index (κ3) is 5.03. The van der Waals surface area contributed by atoms with Crippen molar-refractivity contribution in [1.82, 2.24) is 19.9 Å². The van der Waals surface area contributed by atoms with Gasteiger partial charge in [-0.05, 0) is 17.2 Å². The fourth-order valence-corrected chi connectivity index (χ4v) is 6.01. The second kappa shape index (κ2) is 10.6. The van der Waals surface area contributed by atoms with Crippen LogP contribution in [0.5, 0.6) is 0 Å². The van der Waals surface area contributed by atoms with Crippen molar-refractivity contribution in [3.05, 3.63) is 82.1 Å². The molecule has 8 nitrogen and oxygen atoms in total. The van der Waals surface area contributed by atoms with Crippen LogP contribution in [-0.2, 0) is 27.8 Å². The minimum Gasteiger partial charge on any atom is -0.467 e. The number of ether oxygens (including phenoxy) is 1. The normalized spacial score (nSPS) is 12.1. The Morgan fingerprint density at radius 3 is 2.70 bits per heavy atom. The third-order valence-electron chi connectivity index (χ3n) is 6.11. The second-order valence-electron chi connectivity index (χ2n) is 8.45. The SMILES string of the molecule is COC(=O)[C@H](Cc1c[nH]c2ccccc12)NC(=O)CSc1nc2scc(-c3ccccc3)c2c(=O)n1C. The lowest BCUT2D eigenvalue weighted by atomic mass is 10.0. The topological polar surface area (TPSA) is 106 Å². The maximum absolute atomic E-state index is 13.2. The Balaban J connectivity index is 1.31. The molecule has 5 aromatic rings. The molecule has 0 aliphatic rings. The van der Waals surface area contributed by atoms with E-state index in [2.05, 4.69) is 15.3 Å². The first kappa shape index (κ1) is 24.8. The summed E-state index contributed by atoms with van der Waals surface area (Å²) in [6.45, 7) is 0. The van der Waals surface area contributed by atoms with Crippen molar-refractivity contribution in [3.63, 3.8) is 0 Å². The van der Waals surface area contributed by atoms with Gasteiger partial charge in [0, 0.05) is 41.5 Å². The molecule has 2 N–H and O–H groups in total. The van der Waals surface area contributed by atoms with Gasteiger partial charge < -0.3 is 15.0 Å². The van der Waals surface area contributed by atoms with E-state index in [1.165, 1.54) is 23.0 Å². The molecule has 0 radical (unpaired) electrons. The molecular weight excluding hydrogens is 508 g/mol. The highest BCUT2D eigenvalue weighted by molar-refractivity contribution is 7.99. The van der Waals surface area contributed by atoms with Crippen molar-refractivity contribution >= 4 is 56.1 Å². The number of H-pyrrole nitrogens is 1. The van der Waals surface area contributed by atoms with Gasteiger partial charge in [0.15, 0.2) is 5.16 Å². The summed E-state index contributed by atoms with van der Waals surface area (Å²) in [6.07, 6.45) is 2.12. The van der Waals surface area contributed by atoms with E-state index in [-0.39, 0.29) is 23.6 Å². The highest BCUT2D eigenvalue weighted by Gasteiger charge is 2.24. The monoisotopic (exact) mass is 532 g/mol. The van der Waals surface area contributed by atoms with Crippen LogP contribution in [-0.4, -0.2) is 45.3 Å². The number of esters is 1. The van der Waals surface area contributed by atoms with E-state index in [0.717, 1.165) is 39.4 Å². The molecule has 1 amide bonds. The van der Waals surface area contributed by atoms with Gasteiger partial charge in [-0.25, -0.2) is 9.78 Å². The molecule has 1 atom stereocenters. The van der Waals surface area contributed by atoms with Gasteiger partial charge in [-0.3, -0.25) is 14.2 Å². The van der Waals surface area contributed by atoms with Crippen molar-refractivity contribution in [2.75, 3.05) is 12.9 Å². The fourth-order valence-electron chi connectivity index (χ4n) is 4.23. The number of nitrogens with one attached hydrogen (secondary N) is 2. The van der Waals surface area contributed by atoms with Crippen LogP contribution in [0.1, 0.15) is 5.56 Å². The molecule has 0 bridgehead atoms. The van der Waals surface area contributed by atoms with Gasteiger partial charge in [0.2, 0.25) is 5.91 Å². The molecule has 0 saturated carbocycles. The predicted octanol–water partition coefficient (Wildman–Crippen LogP) is 4.14. The van der Waals surface area contributed by atoms with E-state index in [4.69, 9.17) is 4.74 Å². The second-order valence-corrected chi connectivity index (χ2v) is 10.3. The average molecular weight is 533 g/mol. The van der Waals surface area contributed by atoms with Gasteiger partial charge in [0.05, 0.1) is 18.2 Å². The Morgan fingerprint density at radius 2 is 1.92 bits per heavy atom. The summed E-state index contributed by atoms with van der Waals surface area (Å²) in [5.74, 6) is -0.891. The first-order valence-corrected chi connectivity index (χ1v) is 13.4. The Hall–Kier alpha value is -3.89. The summed E-state index contributed by atoms with van der Waals surface area (Å²) in [7, 11) is 2.95. The average Bonchev–Trinajstić information content (AvgIpc) is 3.54. The minimum absolute atomic E-state index is 0.00984. The van der Waals surface area contributed by atoms with Gasteiger partial charge in [0.25, 0.3) is 5.56 Å². The van der Waals surface area contributed by atoms with Crippen LogP contribution < -0.4 is 10.9 Å². The number of aromatic amines is 1. The Kier molecular flexibility index (Phi) is 7.11. The summed E-state index contributed by atoms with van der Waals surface area (Å²) < 4.78 is 6.39. The zero-order chi connectivity index (χ0) is 25.9. The number of amides is 1. The zero-order valence-corrected chi connectivity index (χ0v) is 21.8. The van der Waals surface area contributed by atoms with Gasteiger partial charge in [-0.2, -0.15) is 0 Å². The Bertz CT molecular complexity index is 1660. The summed E-state index contributed by atoms with van der Waals surface area (Å²) >= 11 is 2.55. The highest BCUT2D eigenvalue weighted by Crippen LogP contribution is 2.31. The van der Waals surface area contributed by atoms with E-state index in [0.29, 0.717) is 15.4 Å². The predicted molar refractivity (Wildman–Crippen MR) is 147 cm³/mol. The summed E-state index contributed by atoms with van der Waals surface area (Å²) in [6, 6.07) is 16.6. The van der Waals surface area contributed by atoms with Crippen LogP contribution in [0.15, 0.2) is 76.1 Å². The maximum atomic E-state index is 13.2. The number of carbonyl (C=O) groups is 2. The molecule has 188 valence electrons. The smallest absolute Gasteiger partial charge is 0.328 e. The first-order valence-electron chi connectivity index (χ1n) is 11.5. The molecule has 3 heterocycles. The van der Waals surface area contributed by atoms with E-state index in [9.17, 15) is 14.4 Å². The van der Waals surface area contributed by atoms with E-state index >= 15 is 0 Å². The molecule has 0 fully saturated rings. The number of para-hydroxylation sites is 1. The molecular formula is C27H24N4O4S2. The number of hydrogen-bond donors (Lipinski definition) is 2. The van der Waals surface area contributed by atoms with E-state index < -0.39 is 12.0 Å². The minimum atomic E-state index is -0.845. The van der Waals surface area contributed by atoms with E-state index in [1.54, 1.807) is 7.05 Å². The molecule has 0 saturated heterocycles. The lowest BCUT2D eigenvalue weighted by Crippen LogP contribution is -2.43. The number of thioether (sulfide) groups is 1. The fraction of sp³-hybridized carbons (Fsp3) is 0.185. The van der Waals surface area contributed by atoms with Crippen molar-refractivity contribution in [2.45, 2.75) is 17.6 Å². The van der Waals surface area contributed by atoms with Crippen molar-refractivity contribution < 1.29 is 14.3 Å². The number of nitrogens with zero attached hydrogens (tertiary/aromatic N) is 2. The first-order chi connectivity index (χ1) is 18.0. The van der Waals surface area contributed by atoms with E-state index in [1.807, 2.05) is 66.2 Å². The Labute approximate surface area is 220 Å². The molecule has 3 aromatic heterocycles. The quantitative estimate of drug-likeness (QED) is 0.177. The van der Waals surface area contributed by atoms with Crippen LogP contribution in [0.2, 0.25) is 0 Å². The van der Waals surface area contributed by atoms with Crippen LogP contribution in [0.25, 0.3) is 32.2 Å². The van der Waals surface area contributed by atoms with Crippen LogP contribution in [0.4, 0.5) is 0 Å². The van der Waals surface area contributed by atoms with Crippen LogP contribution in [0, 0.1) is 0 Å². The molecule has 5 rings (SSSR count). The number of aromatic nitrogens is 3. The number of fused-ring (bicyclic) bond motifs is 2. The molecule has 0 spiro atoms. The third-order valence-corrected chi connectivity index (χ3v) is 8.01. The van der Waals surface area contributed by atoms with Crippen molar-refractivity contribution in [1.29, 1.82) is 0 Å². The van der Waals surface area contributed by atoms with Gasteiger partial charge >= 0.3 is 5.97 Å². The number of methoxy groups -OCH3 is 1. The number of thiophene rings is 1. The van der Waals surface area contributed by atoms with Crippen molar-refractivity contribution in [3.8, 4) is 11.1 Å². The lowest BCUT2D eigenvalue weighted by molar-refractivity contribution is -0.144. The number of rotatable bonds is 8. The molecule has 0 aliphatic heterocycles. The van der Waals surface area contributed by atoms with Gasteiger partial charge in [-0.1, -0.05) is 60.3 Å². The molecule has 0 aliphatic carbocycles. The largest absolute Gasteiger partial charge is 0.467 e. The summed E-state index contributed by atoms with van der Waals surface area (Å²) in [5.41, 5.74) is 3.49. The summed E-state index contributed by atoms with van der Waals surface area (Å²) in [5, 5.41) is 6.69. The maximum Gasteiger partial charge on any atom is 0.328 e. The number of benzene rings is 2. The van der Waals surface area contributed by atoms with Gasteiger partial charge in [-0.15, -0.1) is 11.3 Å². The van der Waals surface area contributed by atoms with Crippen LogP contribution in [0.3, 0.4) is 0 Å². The molecule has 0 unspecified atom stereocenters. The number of carbonyl (C=O) groups excluding carboxylic acids is 2. The van der Waals surface area contributed by atoms with Crippen molar-refractivity contribution in [2.24, 2.45) is 7.05 Å². The summed E-state index contributed by atoms with van der Waals surface area (Å²) in [4.78, 5) is 46.9. The Morgan fingerprint density at radius 1 is 1.16 bits per heavy atom. The highest BCUT2D eigenvalue weighted by atomic mass is 32.2.